The van der Waals surface area contributed by atoms with Crippen LogP contribution < -0.4 is 15.0 Å². The van der Waals surface area contributed by atoms with Gasteiger partial charge in [-0.1, -0.05) is 0 Å². The average Bonchev–Trinajstić information content (AvgIpc) is 2.85. The molecule has 1 aliphatic rings. The largest absolute Gasteiger partial charge is 0.497 e. The predicted octanol–water partition coefficient (Wildman–Crippen LogP) is 4.05. The lowest BCUT2D eigenvalue weighted by molar-refractivity contribution is -0.387. The number of nitrogens with one attached hydrogen (secondary N) is 1. The third-order valence-corrected chi connectivity index (χ3v) is 5.64. The van der Waals surface area contributed by atoms with Gasteiger partial charge in [0.15, 0.2) is 5.82 Å². The van der Waals surface area contributed by atoms with Crippen LogP contribution in [-0.2, 0) is 4.79 Å². The number of piperidine rings is 1. The van der Waals surface area contributed by atoms with Crippen LogP contribution >= 0.6 is 0 Å². The summed E-state index contributed by atoms with van der Waals surface area (Å²) >= 11 is 0. The molecule has 0 saturated carbocycles. The van der Waals surface area contributed by atoms with Gasteiger partial charge in [0.1, 0.15) is 5.75 Å². The number of aromatic nitrogens is 2. The van der Waals surface area contributed by atoms with Crippen LogP contribution in [0.15, 0.2) is 54.6 Å². The van der Waals surface area contributed by atoms with Gasteiger partial charge in [-0.15, -0.1) is 10.2 Å². The van der Waals surface area contributed by atoms with Gasteiger partial charge in [0, 0.05) is 36.3 Å². The van der Waals surface area contributed by atoms with Crippen LogP contribution in [0.1, 0.15) is 12.8 Å². The van der Waals surface area contributed by atoms with Crippen molar-refractivity contribution in [2.75, 3.05) is 30.4 Å². The lowest BCUT2D eigenvalue weighted by Crippen LogP contribution is -2.38. The Balaban J connectivity index is 1.34. The Kier molecular flexibility index (Phi) is 6.43. The first-order chi connectivity index (χ1) is 15.9. The Morgan fingerprint density at radius 1 is 1.12 bits per heavy atom. The number of nitro benzene ring substituents is 1. The number of amides is 1. The summed E-state index contributed by atoms with van der Waals surface area (Å²) in [5.74, 6) is 0.0759. The lowest BCUT2D eigenvalue weighted by atomic mass is 9.95. The Hall–Kier alpha value is -4.08. The van der Waals surface area contributed by atoms with Gasteiger partial charge in [0.2, 0.25) is 11.7 Å². The van der Waals surface area contributed by atoms with E-state index in [2.05, 4.69) is 20.4 Å². The SMILES string of the molecule is COc1ccc(-c2ccc(N3CCC(C(=O)Nc4ccc(F)c([N+](=O)[O-])c4)CC3)nn2)cc1. The van der Waals surface area contributed by atoms with Gasteiger partial charge >= 0.3 is 5.69 Å². The van der Waals surface area contributed by atoms with Crippen LogP contribution in [0.5, 0.6) is 5.75 Å². The second-order valence-electron chi connectivity index (χ2n) is 7.68. The molecular weight excluding hydrogens is 429 g/mol. The van der Waals surface area contributed by atoms with Crippen molar-refractivity contribution in [3.05, 3.63) is 70.5 Å². The molecule has 0 spiro atoms. The molecule has 2 aromatic carbocycles. The third kappa shape index (κ3) is 5.05. The minimum absolute atomic E-state index is 0.204. The number of nitro groups is 1. The zero-order valence-electron chi connectivity index (χ0n) is 17.9. The minimum atomic E-state index is -0.939. The summed E-state index contributed by atoms with van der Waals surface area (Å²) in [6.45, 7) is 1.25. The van der Waals surface area contributed by atoms with Gasteiger partial charge in [0.25, 0.3) is 0 Å². The van der Waals surface area contributed by atoms with E-state index < -0.39 is 16.4 Å². The van der Waals surface area contributed by atoms with Crippen molar-refractivity contribution in [2.45, 2.75) is 12.8 Å². The Bertz CT molecular complexity index is 1150. The quantitative estimate of drug-likeness (QED) is 0.445. The van der Waals surface area contributed by atoms with Gasteiger partial charge in [-0.3, -0.25) is 14.9 Å². The first kappa shape index (κ1) is 22.1. The summed E-state index contributed by atoms with van der Waals surface area (Å²) in [4.78, 5) is 24.7. The second kappa shape index (κ2) is 9.60. The standard InChI is InChI=1S/C23H22FN5O4/c1-33-18-5-2-15(3-6-18)20-8-9-22(27-26-20)28-12-10-16(11-13-28)23(30)25-17-4-7-19(24)21(14-17)29(31)32/h2-9,14,16H,10-13H2,1H3,(H,25,30). The molecule has 0 radical (unpaired) electrons. The molecule has 3 aromatic rings. The van der Waals surface area contributed by atoms with Crippen molar-refractivity contribution in [2.24, 2.45) is 5.92 Å². The zero-order chi connectivity index (χ0) is 23.4. The highest BCUT2D eigenvalue weighted by Gasteiger charge is 2.26. The van der Waals surface area contributed by atoms with Gasteiger partial charge < -0.3 is 15.0 Å². The van der Waals surface area contributed by atoms with Crippen molar-refractivity contribution >= 4 is 23.1 Å². The molecule has 0 atom stereocenters. The summed E-state index contributed by atoms with van der Waals surface area (Å²) < 4.78 is 18.7. The third-order valence-electron chi connectivity index (χ3n) is 5.64. The number of nitrogens with zero attached hydrogens (tertiary/aromatic N) is 4. The average molecular weight is 451 g/mol. The van der Waals surface area contributed by atoms with Crippen LogP contribution in [0.25, 0.3) is 11.3 Å². The summed E-state index contributed by atoms with van der Waals surface area (Å²) in [7, 11) is 1.62. The normalized spacial score (nSPS) is 14.1. The number of hydrogen-bond acceptors (Lipinski definition) is 7. The van der Waals surface area contributed by atoms with E-state index in [0.717, 1.165) is 35.0 Å². The van der Waals surface area contributed by atoms with E-state index in [-0.39, 0.29) is 17.5 Å². The minimum Gasteiger partial charge on any atom is -0.497 e. The van der Waals surface area contributed by atoms with E-state index in [1.54, 1.807) is 7.11 Å². The number of carbonyl (C=O) groups is 1. The van der Waals surface area contributed by atoms with Gasteiger partial charge in [-0.2, -0.15) is 4.39 Å². The molecule has 0 aliphatic carbocycles. The fourth-order valence-corrected chi connectivity index (χ4v) is 3.76. The number of halogens is 1. The van der Waals surface area contributed by atoms with E-state index in [1.807, 2.05) is 36.4 Å². The molecule has 1 aliphatic heterocycles. The monoisotopic (exact) mass is 451 g/mol. The highest BCUT2D eigenvalue weighted by Crippen LogP contribution is 2.26. The van der Waals surface area contributed by atoms with Gasteiger partial charge in [-0.25, -0.2) is 0 Å². The Labute approximate surface area is 189 Å². The van der Waals surface area contributed by atoms with Gasteiger partial charge in [0.05, 0.1) is 17.7 Å². The Morgan fingerprint density at radius 3 is 2.45 bits per heavy atom. The molecule has 1 N–H and O–H groups in total. The number of benzene rings is 2. The zero-order valence-corrected chi connectivity index (χ0v) is 17.9. The summed E-state index contributed by atoms with van der Waals surface area (Å²) in [5.41, 5.74) is 1.23. The first-order valence-electron chi connectivity index (χ1n) is 10.4. The van der Waals surface area contributed by atoms with Crippen LogP contribution in [0, 0.1) is 21.8 Å². The van der Waals surface area contributed by atoms with E-state index in [4.69, 9.17) is 4.74 Å². The molecule has 0 bridgehead atoms. The van der Waals surface area contributed by atoms with Crippen molar-refractivity contribution in [1.29, 1.82) is 0 Å². The van der Waals surface area contributed by atoms with Crippen LogP contribution in [0.4, 0.5) is 21.6 Å². The van der Waals surface area contributed by atoms with E-state index >= 15 is 0 Å². The van der Waals surface area contributed by atoms with Crippen molar-refractivity contribution in [3.63, 3.8) is 0 Å². The molecule has 170 valence electrons. The molecule has 10 heteroatoms. The Morgan fingerprint density at radius 2 is 1.85 bits per heavy atom. The van der Waals surface area contributed by atoms with Crippen molar-refractivity contribution in [3.8, 4) is 17.0 Å². The maximum Gasteiger partial charge on any atom is 0.306 e. The maximum absolute atomic E-state index is 13.5. The number of hydrogen-bond donors (Lipinski definition) is 1. The highest BCUT2D eigenvalue weighted by atomic mass is 19.1. The van der Waals surface area contributed by atoms with Gasteiger partial charge in [-0.05, 0) is 61.4 Å². The molecule has 9 nitrogen and oxygen atoms in total. The van der Waals surface area contributed by atoms with Crippen molar-refractivity contribution < 1.29 is 18.8 Å². The summed E-state index contributed by atoms with van der Waals surface area (Å²) in [6.07, 6.45) is 1.19. The first-order valence-corrected chi connectivity index (χ1v) is 10.4. The molecule has 1 saturated heterocycles. The number of ether oxygens (including phenoxy) is 1. The van der Waals surface area contributed by atoms with Crippen LogP contribution in [0.2, 0.25) is 0 Å². The van der Waals surface area contributed by atoms with Crippen molar-refractivity contribution in [1.82, 2.24) is 10.2 Å². The van der Waals surface area contributed by atoms with Crippen LogP contribution in [0.3, 0.4) is 0 Å². The number of rotatable bonds is 6. The van der Waals surface area contributed by atoms with E-state index in [1.165, 1.54) is 6.07 Å². The fourth-order valence-electron chi connectivity index (χ4n) is 3.76. The lowest BCUT2D eigenvalue weighted by Gasteiger charge is -2.31. The van der Waals surface area contributed by atoms with E-state index in [9.17, 15) is 19.3 Å². The molecular formula is C23H22FN5O4. The molecule has 4 rings (SSSR count). The topological polar surface area (TPSA) is 110 Å². The molecule has 1 amide bonds. The molecule has 1 fully saturated rings. The fraction of sp³-hybridized carbons (Fsp3) is 0.261. The predicted molar refractivity (Wildman–Crippen MR) is 121 cm³/mol. The van der Waals surface area contributed by atoms with Crippen LogP contribution in [-0.4, -0.2) is 41.2 Å². The number of methoxy groups -OCH3 is 1. The maximum atomic E-state index is 13.5. The number of carbonyl (C=O) groups excluding carboxylic acids is 1. The molecule has 2 heterocycles. The molecule has 33 heavy (non-hydrogen) atoms. The smallest absolute Gasteiger partial charge is 0.306 e. The summed E-state index contributed by atoms with van der Waals surface area (Å²) in [5, 5.41) is 22.2. The highest BCUT2D eigenvalue weighted by molar-refractivity contribution is 5.93. The second-order valence-corrected chi connectivity index (χ2v) is 7.68. The summed E-state index contributed by atoms with van der Waals surface area (Å²) in [6, 6.07) is 14.7. The molecule has 1 aromatic heterocycles. The van der Waals surface area contributed by atoms with E-state index in [0.29, 0.717) is 25.9 Å². The number of anilines is 2. The molecule has 0 unspecified atom stereocenters.